The topological polar surface area (TPSA) is 26.3 Å². The van der Waals surface area contributed by atoms with Gasteiger partial charge in [-0.1, -0.05) is 19.3 Å². The Morgan fingerprint density at radius 3 is 2.07 bits per heavy atom. The zero-order valence-corrected chi connectivity index (χ0v) is 10.7. The van der Waals surface area contributed by atoms with E-state index in [1.165, 1.54) is 32.1 Å². The molecule has 0 amide bonds. The van der Waals surface area contributed by atoms with E-state index < -0.39 is 11.4 Å². The summed E-state index contributed by atoms with van der Waals surface area (Å²) in [5.41, 5.74) is 0. The molecule has 1 saturated carbocycles. The maximum absolute atomic E-state index is 12.1. The third-order valence-electron chi connectivity index (χ3n) is 2.87. The van der Waals surface area contributed by atoms with Gasteiger partial charge in [0.15, 0.2) is 0 Å². The van der Waals surface area contributed by atoms with E-state index in [0.717, 1.165) is 0 Å². The third-order valence-corrected chi connectivity index (χ3v) is 4.74. The second-order valence-electron chi connectivity index (χ2n) is 5.20. The van der Waals surface area contributed by atoms with Crippen LogP contribution in [0.5, 0.6) is 0 Å². The molecular formula is C11H23NOS. The van der Waals surface area contributed by atoms with Crippen molar-refractivity contribution >= 4 is 11.4 Å². The van der Waals surface area contributed by atoms with Crippen molar-refractivity contribution in [1.82, 2.24) is 4.31 Å². The van der Waals surface area contributed by atoms with Crippen LogP contribution < -0.4 is 0 Å². The molecule has 0 bridgehead atoms. The van der Waals surface area contributed by atoms with Crippen molar-refractivity contribution in [2.45, 2.75) is 63.7 Å². The molecule has 0 aromatic heterocycles. The van der Waals surface area contributed by atoms with E-state index >= 15 is 0 Å². The average Bonchev–Trinajstić information content (AvgIpc) is 2.15. The van der Waals surface area contributed by atoms with E-state index in [4.69, 9.17) is 0 Å². The summed E-state index contributed by atoms with van der Waals surface area (Å²) in [6.45, 7) is 6.13. The van der Waals surface area contributed by atoms with Gasteiger partial charge in [-0.2, -0.15) is 0 Å². The van der Waals surface area contributed by atoms with Crippen LogP contribution in [-0.4, -0.2) is 26.7 Å². The Morgan fingerprint density at radius 1 is 1.14 bits per heavy atom. The minimum Gasteiger partial charge on any atom is -0.598 e. The van der Waals surface area contributed by atoms with Crippen molar-refractivity contribution in [1.29, 1.82) is 0 Å². The van der Waals surface area contributed by atoms with Gasteiger partial charge in [0.25, 0.3) is 0 Å². The molecule has 2 nitrogen and oxygen atoms in total. The maximum atomic E-state index is 12.1. The van der Waals surface area contributed by atoms with Gasteiger partial charge in [-0.05, 0) is 33.6 Å². The highest BCUT2D eigenvalue weighted by atomic mass is 32.2. The highest BCUT2D eigenvalue weighted by Gasteiger charge is 2.35. The van der Waals surface area contributed by atoms with Crippen LogP contribution >= 0.6 is 0 Å². The molecule has 1 atom stereocenters. The van der Waals surface area contributed by atoms with Gasteiger partial charge in [-0.15, -0.1) is 4.31 Å². The largest absolute Gasteiger partial charge is 0.598 e. The molecule has 1 aliphatic carbocycles. The number of hydrogen-bond acceptors (Lipinski definition) is 2. The SMILES string of the molecule is CN(C1CCCCC1)[S+]([O-])C(C)(C)C. The van der Waals surface area contributed by atoms with Gasteiger partial charge in [-0.3, -0.25) is 0 Å². The van der Waals surface area contributed by atoms with Gasteiger partial charge < -0.3 is 4.55 Å². The van der Waals surface area contributed by atoms with Gasteiger partial charge in [-0.25, -0.2) is 0 Å². The molecule has 0 heterocycles. The van der Waals surface area contributed by atoms with Crippen molar-refractivity contribution in [3.8, 4) is 0 Å². The molecule has 1 aliphatic rings. The van der Waals surface area contributed by atoms with Crippen LogP contribution in [0.15, 0.2) is 0 Å². The second-order valence-corrected chi connectivity index (χ2v) is 7.50. The zero-order chi connectivity index (χ0) is 10.8. The molecule has 0 spiro atoms. The highest BCUT2D eigenvalue weighted by Crippen LogP contribution is 2.27. The van der Waals surface area contributed by atoms with Crippen molar-refractivity contribution < 1.29 is 4.55 Å². The molecule has 0 radical (unpaired) electrons. The zero-order valence-electron chi connectivity index (χ0n) is 9.88. The molecule has 0 aromatic carbocycles. The lowest BCUT2D eigenvalue weighted by Gasteiger charge is -2.36. The lowest BCUT2D eigenvalue weighted by atomic mass is 9.96. The first kappa shape index (κ1) is 12.3. The maximum Gasteiger partial charge on any atom is 0.137 e. The highest BCUT2D eigenvalue weighted by molar-refractivity contribution is 7.90. The molecule has 84 valence electrons. The van der Waals surface area contributed by atoms with Crippen molar-refractivity contribution in [3.63, 3.8) is 0 Å². The first-order valence-electron chi connectivity index (χ1n) is 5.58. The summed E-state index contributed by atoms with van der Waals surface area (Å²) < 4.78 is 14.1. The van der Waals surface area contributed by atoms with Gasteiger partial charge in [0.1, 0.15) is 4.75 Å². The first-order valence-corrected chi connectivity index (χ1v) is 6.68. The van der Waals surface area contributed by atoms with E-state index in [-0.39, 0.29) is 4.75 Å². The molecular weight excluding hydrogens is 194 g/mol. The van der Waals surface area contributed by atoms with E-state index in [1.807, 2.05) is 27.8 Å². The van der Waals surface area contributed by atoms with Crippen LogP contribution in [0.2, 0.25) is 0 Å². The minimum absolute atomic E-state index is 0.119. The van der Waals surface area contributed by atoms with E-state index in [1.54, 1.807) is 0 Å². The predicted molar refractivity (Wildman–Crippen MR) is 62.5 cm³/mol. The van der Waals surface area contributed by atoms with Crippen LogP contribution in [0.1, 0.15) is 52.9 Å². The fourth-order valence-corrected chi connectivity index (χ4v) is 3.36. The van der Waals surface area contributed by atoms with Crippen molar-refractivity contribution in [3.05, 3.63) is 0 Å². The summed E-state index contributed by atoms with van der Waals surface area (Å²) in [4.78, 5) is 0. The van der Waals surface area contributed by atoms with E-state index in [2.05, 4.69) is 4.31 Å². The number of hydrogen-bond donors (Lipinski definition) is 0. The molecule has 1 unspecified atom stereocenters. The quantitative estimate of drug-likeness (QED) is 0.665. The molecule has 0 aliphatic heterocycles. The summed E-state index contributed by atoms with van der Waals surface area (Å²) >= 11 is -0.846. The standard InChI is InChI=1S/C11H23NOS/c1-11(2,3)14(13)12(4)10-8-6-5-7-9-10/h10H,5-9H2,1-4H3. The summed E-state index contributed by atoms with van der Waals surface area (Å²) in [6.07, 6.45) is 6.40. The van der Waals surface area contributed by atoms with Crippen LogP contribution in [0.3, 0.4) is 0 Å². The van der Waals surface area contributed by atoms with Gasteiger partial charge >= 0.3 is 0 Å². The summed E-state index contributed by atoms with van der Waals surface area (Å²) in [5.74, 6) is 0. The van der Waals surface area contributed by atoms with Crippen molar-refractivity contribution in [2.24, 2.45) is 0 Å². The van der Waals surface area contributed by atoms with Crippen LogP contribution in [-0.2, 0) is 11.4 Å². The Bertz CT molecular complexity index is 173. The van der Waals surface area contributed by atoms with Crippen molar-refractivity contribution in [2.75, 3.05) is 7.05 Å². The summed E-state index contributed by atoms with van der Waals surface area (Å²) in [6, 6.07) is 0.545. The van der Waals surface area contributed by atoms with Crippen LogP contribution in [0.4, 0.5) is 0 Å². The fourth-order valence-electron chi connectivity index (χ4n) is 2.01. The van der Waals surface area contributed by atoms with E-state index in [0.29, 0.717) is 6.04 Å². The Balaban J connectivity index is 2.50. The molecule has 3 heteroatoms. The predicted octanol–water partition coefficient (Wildman–Crippen LogP) is 2.71. The smallest absolute Gasteiger partial charge is 0.137 e. The fraction of sp³-hybridized carbons (Fsp3) is 1.00. The van der Waals surface area contributed by atoms with E-state index in [9.17, 15) is 4.55 Å². The lowest BCUT2D eigenvalue weighted by Crippen LogP contribution is -2.46. The monoisotopic (exact) mass is 217 g/mol. The van der Waals surface area contributed by atoms with Crippen LogP contribution in [0, 0.1) is 0 Å². The Labute approximate surface area is 91.4 Å². The van der Waals surface area contributed by atoms with Gasteiger partial charge in [0.05, 0.1) is 6.04 Å². The number of rotatable bonds is 2. The normalized spacial score (nSPS) is 22.7. The molecule has 1 rings (SSSR count). The Kier molecular flexibility index (Phi) is 4.29. The first-order chi connectivity index (χ1) is 6.43. The molecule has 0 N–H and O–H groups in total. The van der Waals surface area contributed by atoms with Gasteiger partial charge in [0, 0.05) is 18.4 Å². The minimum atomic E-state index is -0.846. The molecule has 0 aromatic rings. The van der Waals surface area contributed by atoms with Crippen LogP contribution in [0.25, 0.3) is 0 Å². The second kappa shape index (κ2) is 4.86. The third kappa shape index (κ3) is 3.14. The Morgan fingerprint density at radius 2 is 1.64 bits per heavy atom. The molecule has 14 heavy (non-hydrogen) atoms. The molecule has 0 saturated heterocycles. The summed E-state index contributed by atoms with van der Waals surface area (Å²) in [5, 5.41) is 0. The Hall–Kier alpha value is 0.270. The lowest BCUT2D eigenvalue weighted by molar-refractivity contribution is 0.280. The molecule has 1 fully saturated rings. The van der Waals surface area contributed by atoms with Gasteiger partial charge in [0.2, 0.25) is 0 Å². The number of nitrogens with zero attached hydrogens (tertiary/aromatic N) is 1. The average molecular weight is 217 g/mol. The summed E-state index contributed by atoms with van der Waals surface area (Å²) in [7, 11) is 2.01.